The van der Waals surface area contributed by atoms with E-state index in [4.69, 9.17) is 27.9 Å². The van der Waals surface area contributed by atoms with E-state index in [-0.39, 0.29) is 16.3 Å². The highest BCUT2D eigenvalue weighted by atomic mass is 35.5. The van der Waals surface area contributed by atoms with Gasteiger partial charge in [-0.15, -0.1) is 0 Å². The number of para-hydroxylation sites is 1. The van der Waals surface area contributed by atoms with Crippen molar-refractivity contribution in [1.29, 1.82) is 0 Å². The quantitative estimate of drug-likeness (QED) is 0.724. The fourth-order valence-corrected chi connectivity index (χ4v) is 2.11. The Kier molecular flexibility index (Phi) is 5.89. The summed E-state index contributed by atoms with van der Waals surface area (Å²) in [6.07, 6.45) is -0.904. The van der Waals surface area contributed by atoms with Gasteiger partial charge in [-0.1, -0.05) is 35.3 Å². The Bertz CT molecular complexity index is 767. The Labute approximate surface area is 148 Å². The molecule has 2 rings (SSSR count). The summed E-state index contributed by atoms with van der Waals surface area (Å²) in [6, 6.07) is 10.7. The number of hydrogen-bond acceptors (Lipinski definition) is 4. The number of hydrogen-bond donors (Lipinski definition) is 3. The van der Waals surface area contributed by atoms with E-state index in [1.807, 2.05) is 0 Å². The van der Waals surface area contributed by atoms with E-state index < -0.39 is 17.9 Å². The van der Waals surface area contributed by atoms with Crippen LogP contribution in [0.5, 0.6) is 11.5 Å². The lowest BCUT2D eigenvalue weighted by molar-refractivity contribution is -0.128. The van der Waals surface area contributed by atoms with Crippen LogP contribution in [0.15, 0.2) is 42.5 Å². The first-order chi connectivity index (χ1) is 11.4. The Hall–Kier alpha value is -2.44. The lowest BCUT2D eigenvalue weighted by Gasteiger charge is -2.16. The predicted octanol–water partition coefficient (Wildman–Crippen LogP) is 2.93. The first kappa shape index (κ1) is 17.9. The second-order valence-corrected chi connectivity index (χ2v) is 5.64. The SMILES string of the molecule is CC(Oc1ccccc1Cl)C(=O)NNC(=O)c1cc(Cl)ccc1O. The van der Waals surface area contributed by atoms with Crippen LogP contribution >= 0.6 is 23.2 Å². The standard InChI is InChI=1S/C16H14Cl2N2O4/c1-9(24-14-5-3-2-4-12(14)18)15(22)19-20-16(23)11-8-10(17)6-7-13(11)21/h2-9,21H,1H3,(H,19,22)(H,20,23). The number of phenolic OH excluding ortho intramolecular Hbond substituents is 1. The van der Waals surface area contributed by atoms with Crippen LogP contribution in [0.4, 0.5) is 0 Å². The average molecular weight is 369 g/mol. The van der Waals surface area contributed by atoms with Crippen LogP contribution < -0.4 is 15.6 Å². The van der Waals surface area contributed by atoms with Crippen LogP contribution in [0, 0.1) is 0 Å². The van der Waals surface area contributed by atoms with Gasteiger partial charge < -0.3 is 9.84 Å². The summed E-state index contributed by atoms with van der Waals surface area (Å²) < 4.78 is 5.42. The zero-order valence-electron chi connectivity index (χ0n) is 12.5. The Morgan fingerprint density at radius 3 is 2.54 bits per heavy atom. The van der Waals surface area contributed by atoms with E-state index in [9.17, 15) is 14.7 Å². The summed E-state index contributed by atoms with van der Waals surface area (Å²) in [5, 5.41) is 10.3. The van der Waals surface area contributed by atoms with Gasteiger partial charge in [0.25, 0.3) is 11.8 Å². The van der Waals surface area contributed by atoms with Crippen LogP contribution in [-0.4, -0.2) is 23.0 Å². The number of hydrazine groups is 1. The molecule has 0 spiro atoms. The van der Waals surface area contributed by atoms with Gasteiger partial charge >= 0.3 is 0 Å². The van der Waals surface area contributed by atoms with Gasteiger partial charge in [0.05, 0.1) is 10.6 Å². The lowest BCUT2D eigenvalue weighted by atomic mass is 10.2. The number of phenols is 1. The number of amides is 2. The van der Waals surface area contributed by atoms with Crippen LogP contribution in [0.1, 0.15) is 17.3 Å². The molecular formula is C16H14Cl2N2O4. The molecule has 0 aliphatic heterocycles. The summed E-state index contributed by atoms with van der Waals surface area (Å²) in [4.78, 5) is 23.9. The highest BCUT2D eigenvalue weighted by Gasteiger charge is 2.18. The molecule has 126 valence electrons. The molecule has 8 heteroatoms. The van der Waals surface area contributed by atoms with E-state index in [1.54, 1.807) is 24.3 Å². The molecular weight excluding hydrogens is 355 g/mol. The molecule has 6 nitrogen and oxygen atoms in total. The molecule has 0 saturated carbocycles. The maximum Gasteiger partial charge on any atom is 0.279 e. The van der Waals surface area contributed by atoms with Crippen LogP contribution in [0.3, 0.4) is 0 Å². The molecule has 0 fully saturated rings. The largest absolute Gasteiger partial charge is 0.507 e. The topological polar surface area (TPSA) is 87.7 Å². The summed E-state index contributed by atoms with van der Waals surface area (Å²) in [5.74, 6) is -1.22. The fourth-order valence-electron chi connectivity index (χ4n) is 1.76. The summed E-state index contributed by atoms with van der Waals surface area (Å²) in [7, 11) is 0. The predicted molar refractivity (Wildman–Crippen MR) is 90.3 cm³/mol. The van der Waals surface area contributed by atoms with Gasteiger partial charge in [0.1, 0.15) is 11.5 Å². The zero-order valence-corrected chi connectivity index (χ0v) is 14.1. The molecule has 24 heavy (non-hydrogen) atoms. The van der Waals surface area contributed by atoms with Crippen molar-refractivity contribution in [2.75, 3.05) is 0 Å². The minimum atomic E-state index is -0.904. The van der Waals surface area contributed by atoms with Crippen molar-refractivity contribution < 1.29 is 19.4 Å². The van der Waals surface area contributed by atoms with Gasteiger partial charge in [0.15, 0.2) is 6.10 Å². The van der Waals surface area contributed by atoms with Crippen molar-refractivity contribution in [3.05, 3.63) is 58.1 Å². The highest BCUT2D eigenvalue weighted by Crippen LogP contribution is 2.24. The molecule has 0 radical (unpaired) electrons. The number of aromatic hydroxyl groups is 1. The molecule has 0 aliphatic rings. The van der Waals surface area contributed by atoms with Gasteiger partial charge in [0, 0.05) is 5.02 Å². The molecule has 0 heterocycles. The third-order valence-corrected chi connectivity index (χ3v) is 3.56. The van der Waals surface area contributed by atoms with Crippen molar-refractivity contribution in [2.45, 2.75) is 13.0 Å². The van der Waals surface area contributed by atoms with Crippen molar-refractivity contribution in [1.82, 2.24) is 10.9 Å². The second-order valence-electron chi connectivity index (χ2n) is 4.80. The number of halogens is 2. The normalized spacial score (nSPS) is 11.5. The van der Waals surface area contributed by atoms with E-state index in [0.29, 0.717) is 10.8 Å². The monoisotopic (exact) mass is 368 g/mol. The average Bonchev–Trinajstić information content (AvgIpc) is 2.56. The molecule has 0 saturated heterocycles. The fraction of sp³-hybridized carbons (Fsp3) is 0.125. The van der Waals surface area contributed by atoms with Gasteiger partial charge in [-0.3, -0.25) is 20.4 Å². The number of carbonyl (C=O) groups is 2. The molecule has 2 aromatic carbocycles. The minimum absolute atomic E-state index is 0.0672. The zero-order chi connectivity index (χ0) is 17.7. The van der Waals surface area contributed by atoms with Crippen molar-refractivity contribution in [2.24, 2.45) is 0 Å². The van der Waals surface area contributed by atoms with Crippen LogP contribution in [0.2, 0.25) is 10.0 Å². The van der Waals surface area contributed by atoms with E-state index in [2.05, 4.69) is 10.9 Å². The molecule has 1 atom stereocenters. The number of nitrogens with one attached hydrogen (secondary N) is 2. The Morgan fingerprint density at radius 1 is 1.12 bits per heavy atom. The number of rotatable bonds is 4. The number of benzene rings is 2. The van der Waals surface area contributed by atoms with Gasteiger partial charge in [0.2, 0.25) is 0 Å². The van der Waals surface area contributed by atoms with Crippen LogP contribution in [0.25, 0.3) is 0 Å². The molecule has 1 unspecified atom stereocenters. The van der Waals surface area contributed by atoms with Crippen molar-refractivity contribution in [3.63, 3.8) is 0 Å². The third-order valence-electron chi connectivity index (χ3n) is 3.01. The third kappa shape index (κ3) is 4.53. The van der Waals surface area contributed by atoms with E-state index >= 15 is 0 Å². The second kappa shape index (κ2) is 7.90. The first-order valence-electron chi connectivity index (χ1n) is 6.88. The van der Waals surface area contributed by atoms with Crippen molar-refractivity contribution in [3.8, 4) is 11.5 Å². The highest BCUT2D eigenvalue weighted by molar-refractivity contribution is 6.32. The molecule has 2 aromatic rings. The number of ether oxygens (including phenoxy) is 1. The molecule has 0 aromatic heterocycles. The van der Waals surface area contributed by atoms with Gasteiger partial charge in [-0.05, 0) is 37.3 Å². The Balaban J connectivity index is 1.93. The van der Waals surface area contributed by atoms with Gasteiger partial charge in [-0.2, -0.15) is 0 Å². The first-order valence-corrected chi connectivity index (χ1v) is 7.64. The lowest BCUT2D eigenvalue weighted by Crippen LogP contribution is -2.47. The van der Waals surface area contributed by atoms with Crippen LogP contribution in [-0.2, 0) is 4.79 Å². The minimum Gasteiger partial charge on any atom is -0.507 e. The maximum atomic E-state index is 12.0. The summed E-state index contributed by atoms with van der Waals surface area (Å²) >= 11 is 11.7. The smallest absolute Gasteiger partial charge is 0.279 e. The van der Waals surface area contributed by atoms with Crippen molar-refractivity contribution >= 4 is 35.0 Å². The molecule has 0 bridgehead atoms. The van der Waals surface area contributed by atoms with Gasteiger partial charge in [-0.25, -0.2) is 0 Å². The summed E-state index contributed by atoms with van der Waals surface area (Å²) in [5.41, 5.74) is 4.32. The number of carbonyl (C=O) groups excluding carboxylic acids is 2. The Morgan fingerprint density at radius 2 is 1.83 bits per heavy atom. The van der Waals surface area contributed by atoms with E-state index in [0.717, 1.165) is 0 Å². The molecule has 2 amide bonds. The maximum absolute atomic E-state index is 12.0. The summed E-state index contributed by atoms with van der Waals surface area (Å²) in [6.45, 7) is 1.50. The molecule has 3 N–H and O–H groups in total. The molecule has 0 aliphatic carbocycles. The van der Waals surface area contributed by atoms with E-state index in [1.165, 1.54) is 25.1 Å².